The maximum absolute atomic E-state index is 10.9. The van der Waals surface area contributed by atoms with E-state index >= 15 is 0 Å². The van der Waals surface area contributed by atoms with Crippen molar-refractivity contribution >= 4 is 23.0 Å². The number of hydrogen-bond donors (Lipinski definition) is 1. The smallest absolute Gasteiger partial charge is 0.330 e. The monoisotopic (exact) mass is 233 g/mol. The van der Waals surface area contributed by atoms with Crippen LogP contribution in [0, 0.1) is 0 Å². The predicted octanol–water partition coefficient (Wildman–Crippen LogP) is 0.138. The van der Waals surface area contributed by atoms with Crippen LogP contribution in [0.1, 0.15) is 0 Å². The molecule has 0 fully saturated rings. The Hall–Kier alpha value is -2.44. The lowest BCUT2D eigenvalue weighted by molar-refractivity contribution is -0.134. The Balaban J connectivity index is 2.23. The summed E-state index contributed by atoms with van der Waals surface area (Å²) in [6.45, 7) is 0.460. The molecule has 7 heteroatoms. The number of carbonyl (C=O) groups is 1. The van der Waals surface area contributed by atoms with Gasteiger partial charge in [0.2, 0.25) is 0 Å². The first-order valence-electron chi connectivity index (χ1n) is 4.88. The number of ether oxygens (including phenoxy) is 1. The molecular formula is C10H11N5O2. The first-order chi connectivity index (χ1) is 8.22. The molecule has 0 atom stereocenters. The minimum Gasteiger partial charge on any atom is -0.466 e. The van der Waals surface area contributed by atoms with Gasteiger partial charge in [0, 0.05) is 12.6 Å². The van der Waals surface area contributed by atoms with Gasteiger partial charge in [0.15, 0.2) is 11.5 Å². The summed E-state index contributed by atoms with van der Waals surface area (Å²) in [5, 5.41) is 0. The topological polar surface area (TPSA) is 95.9 Å². The maximum atomic E-state index is 10.9. The van der Waals surface area contributed by atoms with E-state index in [0.717, 1.165) is 0 Å². The van der Waals surface area contributed by atoms with Crippen molar-refractivity contribution in [3.63, 3.8) is 0 Å². The Bertz CT molecular complexity index is 575. The summed E-state index contributed by atoms with van der Waals surface area (Å²) in [5.74, 6) is -0.0609. The average molecular weight is 233 g/mol. The van der Waals surface area contributed by atoms with Crippen LogP contribution in [0.3, 0.4) is 0 Å². The first kappa shape index (κ1) is 11.1. The number of rotatable bonds is 3. The molecule has 17 heavy (non-hydrogen) atoms. The van der Waals surface area contributed by atoms with Crippen LogP contribution < -0.4 is 5.73 Å². The summed E-state index contributed by atoms with van der Waals surface area (Å²) in [7, 11) is 1.33. The van der Waals surface area contributed by atoms with Crippen LogP contribution in [0.25, 0.3) is 11.2 Å². The molecule has 2 aromatic heterocycles. The van der Waals surface area contributed by atoms with E-state index < -0.39 is 5.97 Å². The van der Waals surface area contributed by atoms with Crippen LogP contribution in [0.5, 0.6) is 0 Å². The molecule has 88 valence electrons. The summed E-state index contributed by atoms with van der Waals surface area (Å²) in [4.78, 5) is 22.9. The van der Waals surface area contributed by atoms with Crippen molar-refractivity contribution in [3.8, 4) is 0 Å². The number of allylic oxidation sites excluding steroid dienone is 1. The molecule has 0 aliphatic carbocycles. The highest BCUT2D eigenvalue weighted by Gasteiger charge is 2.06. The third-order valence-corrected chi connectivity index (χ3v) is 2.19. The van der Waals surface area contributed by atoms with E-state index in [4.69, 9.17) is 5.73 Å². The number of fused-ring (bicyclic) bond motifs is 1. The first-order valence-corrected chi connectivity index (χ1v) is 4.88. The molecule has 0 aliphatic heterocycles. The molecule has 0 amide bonds. The number of hydrogen-bond acceptors (Lipinski definition) is 6. The Labute approximate surface area is 96.9 Å². The van der Waals surface area contributed by atoms with E-state index in [1.165, 1.54) is 19.5 Å². The van der Waals surface area contributed by atoms with Gasteiger partial charge in [-0.25, -0.2) is 19.7 Å². The van der Waals surface area contributed by atoms with Gasteiger partial charge in [-0.2, -0.15) is 0 Å². The zero-order valence-electron chi connectivity index (χ0n) is 9.20. The Morgan fingerprint density at radius 1 is 1.53 bits per heavy atom. The zero-order valence-corrected chi connectivity index (χ0v) is 9.20. The second kappa shape index (κ2) is 4.60. The fourth-order valence-electron chi connectivity index (χ4n) is 1.36. The highest BCUT2D eigenvalue weighted by molar-refractivity contribution is 5.82. The zero-order chi connectivity index (χ0) is 12.3. The van der Waals surface area contributed by atoms with Crippen molar-refractivity contribution in [2.45, 2.75) is 6.54 Å². The molecule has 7 nitrogen and oxygen atoms in total. The van der Waals surface area contributed by atoms with E-state index in [1.807, 2.05) is 0 Å². The van der Waals surface area contributed by atoms with Crippen molar-refractivity contribution < 1.29 is 9.53 Å². The van der Waals surface area contributed by atoms with Gasteiger partial charge in [-0.1, -0.05) is 6.08 Å². The molecule has 0 spiro atoms. The van der Waals surface area contributed by atoms with Crippen molar-refractivity contribution in [1.82, 2.24) is 19.5 Å². The number of aromatic nitrogens is 4. The van der Waals surface area contributed by atoms with E-state index in [0.29, 0.717) is 23.5 Å². The number of esters is 1. The summed E-state index contributed by atoms with van der Waals surface area (Å²) in [5.41, 5.74) is 6.83. The SMILES string of the molecule is COC(=O)/C=C/Cn1cnc2c(N)ncnc21. The van der Waals surface area contributed by atoms with Gasteiger partial charge in [0.25, 0.3) is 0 Å². The number of anilines is 1. The highest BCUT2D eigenvalue weighted by atomic mass is 16.5. The molecule has 0 unspecified atom stereocenters. The second-order valence-corrected chi connectivity index (χ2v) is 3.25. The van der Waals surface area contributed by atoms with Gasteiger partial charge in [0.1, 0.15) is 11.8 Å². The number of nitrogens with zero attached hydrogens (tertiary/aromatic N) is 4. The van der Waals surface area contributed by atoms with E-state index in [9.17, 15) is 4.79 Å². The summed E-state index contributed by atoms with van der Waals surface area (Å²) in [6.07, 6.45) is 5.97. The normalized spacial score (nSPS) is 11.1. The minimum atomic E-state index is -0.399. The second-order valence-electron chi connectivity index (χ2n) is 3.25. The quantitative estimate of drug-likeness (QED) is 0.598. The lowest BCUT2D eigenvalue weighted by Crippen LogP contribution is -1.99. The maximum Gasteiger partial charge on any atom is 0.330 e. The number of nitrogens with two attached hydrogens (primary N) is 1. The largest absolute Gasteiger partial charge is 0.466 e. The van der Waals surface area contributed by atoms with Crippen LogP contribution in [-0.2, 0) is 16.1 Å². The van der Waals surface area contributed by atoms with Gasteiger partial charge < -0.3 is 15.0 Å². The lowest BCUT2D eigenvalue weighted by Gasteiger charge is -1.98. The third-order valence-electron chi connectivity index (χ3n) is 2.19. The van der Waals surface area contributed by atoms with Crippen LogP contribution in [0.2, 0.25) is 0 Å². The number of nitrogen functional groups attached to an aromatic ring is 1. The van der Waals surface area contributed by atoms with E-state index in [-0.39, 0.29) is 0 Å². The Morgan fingerprint density at radius 2 is 2.35 bits per heavy atom. The molecule has 2 heterocycles. The van der Waals surface area contributed by atoms with Gasteiger partial charge in [-0.05, 0) is 0 Å². The van der Waals surface area contributed by atoms with Crippen molar-refractivity contribution in [2.24, 2.45) is 0 Å². The summed E-state index contributed by atoms with van der Waals surface area (Å²) < 4.78 is 6.24. The van der Waals surface area contributed by atoms with Gasteiger partial charge in [0.05, 0.1) is 13.4 Å². The molecule has 2 N–H and O–H groups in total. The Morgan fingerprint density at radius 3 is 3.12 bits per heavy atom. The number of imidazole rings is 1. The summed E-state index contributed by atoms with van der Waals surface area (Å²) >= 11 is 0. The van der Waals surface area contributed by atoms with Crippen LogP contribution in [0.4, 0.5) is 5.82 Å². The fraction of sp³-hybridized carbons (Fsp3) is 0.200. The predicted molar refractivity (Wildman–Crippen MR) is 60.9 cm³/mol. The van der Waals surface area contributed by atoms with Gasteiger partial charge in [-0.3, -0.25) is 0 Å². The standard InChI is InChI=1S/C10H11N5O2/c1-17-7(16)3-2-4-15-6-14-8-9(11)12-5-13-10(8)15/h2-3,5-6H,4H2,1H3,(H2,11,12,13)/b3-2+. The van der Waals surface area contributed by atoms with Crippen molar-refractivity contribution in [2.75, 3.05) is 12.8 Å². The number of carbonyl (C=O) groups excluding carboxylic acids is 1. The number of methoxy groups -OCH3 is 1. The molecule has 0 bridgehead atoms. The molecular weight excluding hydrogens is 222 g/mol. The van der Waals surface area contributed by atoms with Crippen LogP contribution >= 0.6 is 0 Å². The molecule has 2 aromatic rings. The highest BCUT2D eigenvalue weighted by Crippen LogP contribution is 2.13. The van der Waals surface area contributed by atoms with Gasteiger partial charge in [-0.15, -0.1) is 0 Å². The molecule has 0 radical (unpaired) electrons. The molecule has 0 saturated carbocycles. The van der Waals surface area contributed by atoms with E-state index in [1.54, 1.807) is 17.0 Å². The Kier molecular flexibility index (Phi) is 2.99. The molecule has 2 rings (SSSR count). The molecule has 0 aromatic carbocycles. The van der Waals surface area contributed by atoms with Crippen LogP contribution in [-0.4, -0.2) is 32.6 Å². The van der Waals surface area contributed by atoms with Crippen LogP contribution in [0.15, 0.2) is 24.8 Å². The van der Waals surface area contributed by atoms with Crippen molar-refractivity contribution in [3.05, 3.63) is 24.8 Å². The average Bonchev–Trinajstić information content (AvgIpc) is 2.74. The summed E-state index contributed by atoms with van der Waals surface area (Å²) in [6, 6.07) is 0. The fourth-order valence-corrected chi connectivity index (χ4v) is 1.36. The molecule has 0 saturated heterocycles. The third kappa shape index (κ3) is 2.22. The minimum absolute atomic E-state index is 0.339. The van der Waals surface area contributed by atoms with Crippen molar-refractivity contribution in [1.29, 1.82) is 0 Å². The lowest BCUT2D eigenvalue weighted by atomic mass is 10.4. The van der Waals surface area contributed by atoms with E-state index in [2.05, 4.69) is 19.7 Å². The molecule has 0 aliphatic rings. The van der Waals surface area contributed by atoms with Gasteiger partial charge >= 0.3 is 5.97 Å².